The first-order chi connectivity index (χ1) is 19.8. The molecule has 2 atom stereocenters. The van der Waals surface area contributed by atoms with E-state index in [0.29, 0.717) is 5.56 Å². The Morgan fingerprint density at radius 1 is 0.732 bits per heavy atom. The highest BCUT2D eigenvalue weighted by Crippen LogP contribution is 2.60. The summed E-state index contributed by atoms with van der Waals surface area (Å²) in [5, 5.41) is 0. The second-order valence-electron chi connectivity index (χ2n) is 11.3. The van der Waals surface area contributed by atoms with Gasteiger partial charge >= 0.3 is 0 Å². The highest BCUT2D eigenvalue weighted by molar-refractivity contribution is 6.10. The number of ketones is 1. The highest BCUT2D eigenvalue weighted by atomic mass is 16.5. The van der Waals surface area contributed by atoms with Gasteiger partial charge in [0.1, 0.15) is 11.5 Å². The summed E-state index contributed by atoms with van der Waals surface area (Å²) in [6.07, 6.45) is 4.55. The van der Waals surface area contributed by atoms with Crippen molar-refractivity contribution in [2.45, 2.75) is 24.8 Å². The summed E-state index contributed by atoms with van der Waals surface area (Å²) in [4.78, 5) is 17.2. The molecule has 41 heavy (non-hydrogen) atoms. The van der Waals surface area contributed by atoms with E-state index < -0.39 is 16.9 Å². The highest BCUT2D eigenvalue weighted by Gasteiger charge is 2.62. The SMILES string of the molecule is COc1ccc(C(=O)[C@@H]2C(c3ccccc3)=CC(c3ccc(OC)cc3)=C[C@@]23N(C)c2ccccc2C3(C)C)cc1. The molecule has 4 heteroatoms. The molecule has 0 aromatic heterocycles. The van der Waals surface area contributed by atoms with Crippen molar-refractivity contribution in [3.63, 3.8) is 0 Å². The van der Waals surface area contributed by atoms with Crippen LogP contribution in [-0.2, 0) is 5.41 Å². The zero-order chi connectivity index (χ0) is 28.8. The molecule has 4 aromatic carbocycles. The smallest absolute Gasteiger partial charge is 0.173 e. The first-order valence-electron chi connectivity index (χ1n) is 14.0. The number of hydrogen-bond donors (Lipinski definition) is 0. The van der Waals surface area contributed by atoms with Gasteiger partial charge in [-0.2, -0.15) is 0 Å². The topological polar surface area (TPSA) is 38.8 Å². The molecule has 2 aliphatic rings. The number of para-hydroxylation sites is 1. The number of Topliss-reactive ketones (excluding diaryl/α,β-unsaturated/α-hetero) is 1. The van der Waals surface area contributed by atoms with Crippen LogP contribution in [0.2, 0.25) is 0 Å². The van der Waals surface area contributed by atoms with E-state index in [4.69, 9.17) is 9.47 Å². The van der Waals surface area contributed by atoms with Gasteiger partial charge in [-0.05, 0) is 82.5 Å². The quantitative estimate of drug-likeness (QED) is 0.233. The fourth-order valence-corrected chi connectivity index (χ4v) is 6.90. The number of allylic oxidation sites excluding steroid dienone is 2. The Bertz CT molecular complexity index is 1650. The number of benzene rings is 4. The van der Waals surface area contributed by atoms with Crippen LogP contribution >= 0.6 is 0 Å². The lowest BCUT2D eigenvalue weighted by atomic mass is 9.57. The number of carbonyl (C=O) groups is 1. The molecule has 0 radical (unpaired) electrons. The van der Waals surface area contributed by atoms with Crippen molar-refractivity contribution in [2.75, 3.05) is 26.2 Å². The van der Waals surface area contributed by atoms with Crippen molar-refractivity contribution in [2.24, 2.45) is 5.92 Å². The number of anilines is 1. The van der Waals surface area contributed by atoms with Crippen LogP contribution in [-0.4, -0.2) is 32.6 Å². The molecule has 4 nitrogen and oxygen atoms in total. The summed E-state index contributed by atoms with van der Waals surface area (Å²) in [6.45, 7) is 4.55. The maximum Gasteiger partial charge on any atom is 0.173 e. The summed E-state index contributed by atoms with van der Waals surface area (Å²) in [7, 11) is 5.46. The predicted octanol–water partition coefficient (Wildman–Crippen LogP) is 7.85. The van der Waals surface area contributed by atoms with Gasteiger partial charge in [0.05, 0.1) is 25.7 Å². The first-order valence-corrected chi connectivity index (χ1v) is 14.0. The van der Waals surface area contributed by atoms with Gasteiger partial charge in [0.15, 0.2) is 5.78 Å². The van der Waals surface area contributed by atoms with E-state index in [1.165, 1.54) is 5.56 Å². The van der Waals surface area contributed by atoms with Crippen LogP contribution in [0.1, 0.15) is 40.9 Å². The van der Waals surface area contributed by atoms with Crippen LogP contribution in [0.15, 0.2) is 115 Å². The molecule has 0 amide bonds. The molecular formula is C37H35NO3. The van der Waals surface area contributed by atoms with E-state index in [2.05, 4.69) is 86.5 Å². The lowest BCUT2D eigenvalue weighted by Crippen LogP contribution is -2.61. The third-order valence-corrected chi connectivity index (χ3v) is 9.10. The second kappa shape index (κ2) is 10.1. The van der Waals surface area contributed by atoms with E-state index >= 15 is 0 Å². The number of likely N-dealkylation sites (N-methyl/N-ethyl adjacent to an activating group) is 1. The Hall–Kier alpha value is -4.57. The number of nitrogens with zero attached hydrogens (tertiary/aromatic N) is 1. The molecule has 206 valence electrons. The van der Waals surface area contributed by atoms with Gasteiger partial charge in [-0.25, -0.2) is 0 Å². The number of hydrogen-bond acceptors (Lipinski definition) is 4. The minimum absolute atomic E-state index is 0.0838. The van der Waals surface area contributed by atoms with E-state index in [1.807, 2.05) is 54.6 Å². The zero-order valence-corrected chi connectivity index (χ0v) is 24.2. The molecule has 6 rings (SSSR count). The van der Waals surface area contributed by atoms with Gasteiger partial charge in [-0.15, -0.1) is 0 Å². The van der Waals surface area contributed by atoms with Gasteiger partial charge in [0.2, 0.25) is 0 Å². The molecule has 0 N–H and O–H groups in total. The maximum atomic E-state index is 14.9. The largest absolute Gasteiger partial charge is 0.497 e. The molecule has 0 unspecified atom stereocenters. The predicted molar refractivity (Wildman–Crippen MR) is 167 cm³/mol. The fraction of sp³-hybridized carbons (Fsp3) is 0.216. The average molecular weight is 542 g/mol. The minimum Gasteiger partial charge on any atom is -0.497 e. The van der Waals surface area contributed by atoms with Crippen LogP contribution in [0.5, 0.6) is 11.5 Å². The van der Waals surface area contributed by atoms with E-state index in [-0.39, 0.29) is 5.78 Å². The fourth-order valence-electron chi connectivity index (χ4n) is 6.90. The summed E-state index contributed by atoms with van der Waals surface area (Å²) in [5.41, 5.74) is 6.15. The van der Waals surface area contributed by atoms with Crippen molar-refractivity contribution < 1.29 is 14.3 Å². The molecule has 1 spiro atoms. The van der Waals surface area contributed by atoms with Crippen LogP contribution in [0, 0.1) is 5.92 Å². The molecule has 1 aliphatic heterocycles. The van der Waals surface area contributed by atoms with Crippen LogP contribution in [0.3, 0.4) is 0 Å². The van der Waals surface area contributed by atoms with Gasteiger partial charge in [-0.1, -0.05) is 74.5 Å². The number of ether oxygens (including phenoxy) is 2. The van der Waals surface area contributed by atoms with Crippen LogP contribution < -0.4 is 14.4 Å². The molecule has 0 bridgehead atoms. The van der Waals surface area contributed by atoms with Gasteiger partial charge in [-0.3, -0.25) is 4.79 Å². The van der Waals surface area contributed by atoms with Crippen LogP contribution in [0.25, 0.3) is 11.1 Å². The molecule has 0 fully saturated rings. The Kier molecular flexibility index (Phi) is 6.57. The minimum atomic E-state index is -0.692. The normalized spacial score (nSPS) is 20.7. The van der Waals surface area contributed by atoms with Crippen molar-refractivity contribution >= 4 is 22.6 Å². The number of rotatable bonds is 6. The number of carbonyl (C=O) groups excluding carboxylic acids is 1. The summed E-state index contributed by atoms with van der Waals surface area (Å²) >= 11 is 0. The maximum absolute atomic E-state index is 14.9. The van der Waals surface area contributed by atoms with Crippen molar-refractivity contribution in [3.05, 3.63) is 138 Å². The first kappa shape index (κ1) is 26.6. The molecule has 0 saturated heterocycles. The van der Waals surface area contributed by atoms with Gasteiger partial charge < -0.3 is 14.4 Å². The Balaban J connectivity index is 1.65. The van der Waals surface area contributed by atoms with Crippen molar-refractivity contribution in [1.29, 1.82) is 0 Å². The Labute approximate surface area is 242 Å². The molecular weight excluding hydrogens is 506 g/mol. The Morgan fingerprint density at radius 3 is 1.93 bits per heavy atom. The standard InChI is InChI=1S/C37H35NO3/c1-36(2)32-13-9-10-14-33(32)38(3)37(36)24-28(25-15-19-29(40-4)20-16-25)23-31(26-11-7-6-8-12-26)34(37)35(39)27-17-21-30(41-5)22-18-27/h6-24,34H,1-5H3/t34-,37+/m0/s1. The number of methoxy groups -OCH3 is 2. The van der Waals surface area contributed by atoms with E-state index in [0.717, 1.165) is 39.5 Å². The number of fused-ring (bicyclic) bond motifs is 1. The second-order valence-corrected chi connectivity index (χ2v) is 11.3. The van der Waals surface area contributed by atoms with E-state index in [9.17, 15) is 4.79 Å². The third-order valence-electron chi connectivity index (χ3n) is 9.10. The van der Waals surface area contributed by atoms with E-state index in [1.54, 1.807) is 14.2 Å². The molecule has 0 saturated carbocycles. The van der Waals surface area contributed by atoms with Crippen molar-refractivity contribution in [3.8, 4) is 11.5 Å². The monoisotopic (exact) mass is 541 g/mol. The lowest BCUT2D eigenvalue weighted by molar-refractivity contribution is 0.0885. The summed E-state index contributed by atoms with van der Waals surface area (Å²) in [5.74, 6) is 1.14. The summed E-state index contributed by atoms with van der Waals surface area (Å²) < 4.78 is 10.9. The third kappa shape index (κ3) is 4.09. The molecule has 1 heterocycles. The zero-order valence-electron chi connectivity index (χ0n) is 24.2. The molecule has 4 aromatic rings. The van der Waals surface area contributed by atoms with Crippen LogP contribution in [0.4, 0.5) is 5.69 Å². The van der Waals surface area contributed by atoms with Gasteiger partial charge in [0.25, 0.3) is 0 Å². The Morgan fingerprint density at radius 2 is 1.32 bits per heavy atom. The summed E-state index contributed by atoms with van der Waals surface area (Å²) in [6, 6.07) is 34.6. The molecule has 1 aliphatic carbocycles. The van der Waals surface area contributed by atoms with Crippen molar-refractivity contribution in [1.82, 2.24) is 0 Å². The van der Waals surface area contributed by atoms with Gasteiger partial charge in [0, 0.05) is 23.7 Å². The lowest BCUT2D eigenvalue weighted by Gasteiger charge is -2.52. The average Bonchev–Trinajstić information content (AvgIpc) is 3.19.